The summed E-state index contributed by atoms with van der Waals surface area (Å²) < 4.78 is 5.32. The molecule has 0 radical (unpaired) electrons. The van der Waals surface area contributed by atoms with Gasteiger partial charge >= 0.3 is 0 Å². The molecule has 0 aliphatic carbocycles. The molecule has 2 heteroatoms. The molecule has 0 saturated carbocycles. The molecule has 0 fully saturated rings. The Labute approximate surface area is 76.7 Å². The smallest absolute Gasteiger partial charge is 0.0623 e. The molecule has 0 aromatic carbocycles. The molecule has 1 N–H and O–H groups in total. The molecule has 0 aromatic heterocycles. The summed E-state index contributed by atoms with van der Waals surface area (Å²) in [6, 6.07) is 0. The number of rotatable bonds is 7. The van der Waals surface area contributed by atoms with Crippen LogP contribution < -0.4 is 5.32 Å². The lowest BCUT2D eigenvalue weighted by molar-refractivity contribution is 0.0140. The van der Waals surface area contributed by atoms with Crippen LogP contribution in [0.5, 0.6) is 0 Å². The topological polar surface area (TPSA) is 21.3 Å². The summed E-state index contributed by atoms with van der Waals surface area (Å²) in [7, 11) is 1.78. The van der Waals surface area contributed by atoms with Crippen LogP contribution in [0.3, 0.4) is 0 Å². The van der Waals surface area contributed by atoms with E-state index in [1.165, 1.54) is 12.8 Å². The predicted molar refractivity (Wildman–Crippen MR) is 53.5 cm³/mol. The van der Waals surface area contributed by atoms with Crippen LogP contribution in [0.15, 0.2) is 0 Å². The van der Waals surface area contributed by atoms with E-state index in [2.05, 4.69) is 26.1 Å². The Kier molecular flexibility index (Phi) is 6.39. The van der Waals surface area contributed by atoms with Gasteiger partial charge in [-0.15, -0.1) is 0 Å². The quantitative estimate of drug-likeness (QED) is 0.596. The van der Waals surface area contributed by atoms with Crippen LogP contribution in [-0.2, 0) is 4.74 Å². The highest BCUT2D eigenvalue weighted by Crippen LogP contribution is 2.14. The van der Waals surface area contributed by atoms with Gasteiger partial charge in [0.05, 0.1) is 5.60 Å². The van der Waals surface area contributed by atoms with Gasteiger partial charge in [0.25, 0.3) is 0 Å². The summed E-state index contributed by atoms with van der Waals surface area (Å²) in [5.74, 6) is 0. The SMILES string of the molecule is CCCNCCCC(C)(C)OC. The largest absolute Gasteiger partial charge is 0.379 e. The van der Waals surface area contributed by atoms with Crippen molar-refractivity contribution in [2.24, 2.45) is 0 Å². The Morgan fingerprint density at radius 1 is 1.25 bits per heavy atom. The summed E-state index contributed by atoms with van der Waals surface area (Å²) in [6.45, 7) is 8.69. The average molecular weight is 173 g/mol. The molecular formula is C10H23NO. The van der Waals surface area contributed by atoms with Crippen molar-refractivity contribution in [2.45, 2.75) is 45.6 Å². The average Bonchev–Trinajstić information content (AvgIpc) is 2.04. The Morgan fingerprint density at radius 2 is 1.92 bits per heavy atom. The lowest BCUT2D eigenvalue weighted by Crippen LogP contribution is -2.25. The molecule has 0 heterocycles. The Hall–Kier alpha value is -0.0800. The van der Waals surface area contributed by atoms with Crippen molar-refractivity contribution in [3.63, 3.8) is 0 Å². The minimum Gasteiger partial charge on any atom is -0.379 e. The van der Waals surface area contributed by atoms with Gasteiger partial charge in [0, 0.05) is 7.11 Å². The van der Waals surface area contributed by atoms with Gasteiger partial charge in [-0.3, -0.25) is 0 Å². The summed E-state index contributed by atoms with van der Waals surface area (Å²) in [6.07, 6.45) is 3.54. The first kappa shape index (κ1) is 11.9. The van der Waals surface area contributed by atoms with Gasteiger partial charge in [-0.05, 0) is 46.2 Å². The van der Waals surface area contributed by atoms with E-state index in [1.54, 1.807) is 7.11 Å². The van der Waals surface area contributed by atoms with E-state index in [0.29, 0.717) is 0 Å². The highest BCUT2D eigenvalue weighted by atomic mass is 16.5. The molecule has 12 heavy (non-hydrogen) atoms. The maximum atomic E-state index is 5.32. The van der Waals surface area contributed by atoms with Gasteiger partial charge in [0.15, 0.2) is 0 Å². The van der Waals surface area contributed by atoms with Gasteiger partial charge in [-0.2, -0.15) is 0 Å². The van der Waals surface area contributed by atoms with E-state index in [1.807, 2.05) is 0 Å². The van der Waals surface area contributed by atoms with Crippen LogP contribution in [0.25, 0.3) is 0 Å². The van der Waals surface area contributed by atoms with Crippen LogP contribution in [-0.4, -0.2) is 25.8 Å². The third kappa shape index (κ3) is 6.62. The van der Waals surface area contributed by atoms with Gasteiger partial charge in [0.2, 0.25) is 0 Å². The third-order valence-electron chi connectivity index (χ3n) is 2.11. The molecule has 0 bridgehead atoms. The fraction of sp³-hybridized carbons (Fsp3) is 1.00. The van der Waals surface area contributed by atoms with E-state index in [4.69, 9.17) is 4.74 Å². The van der Waals surface area contributed by atoms with Crippen molar-refractivity contribution in [1.29, 1.82) is 0 Å². The van der Waals surface area contributed by atoms with E-state index in [0.717, 1.165) is 19.5 Å². The second-order valence-electron chi connectivity index (χ2n) is 3.82. The van der Waals surface area contributed by atoms with Gasteiger partial charge in [-0.25, -0.2) is 0 Å². The van der Waals surface area contributed by atoms with Crippen LogP contribution >= 0.6 is 0 Å². The fourth-order valence-corrected chi connectivity index (χ4v) is 1.04. The summed E-state index contributed by atoms with van der Waals surface area (Å²) >= 11 is 0. The van der Waals surface area contributed by atoms with Crippen LogP contribution in [0, 0.1) is 0 Å². The predicted octanol–water partition coefficient (Wildman–Crippen LogP) is 2.19. The Bertz CT molecular complexity index is 102. The molecule has 2 nitrogen and oxygen atoms in total. The third-order valence-corrected chi connectivity index (χ3v) is 2.11. The van der Waals surface area contributed by atoms with Crippen molar-refractivity contribution in [3.8, 4) is 0 Å². The van der Waals surface area contributed by atoms with Crippen molar-refractivity contribution in [2.75, 3.05) is 20.2 Å². The van der Waals surface area contributed by atoms with Crippen LogP contribution in [0.2, 0.25) is 0 Å². The highest BCUT2D eigenvalue weighted by molar-refractivity contribution is 4.67. The van der Waals surface area contributed by atoms with Crippen LogP contribution in [0.4, 0.5) is 0 Å². The zero-order chi connectivity index (χ0) is 9.45. The molecule has 0 aromatic rings. The van der Waals surface area contributed by atoms with Gasteiger partial charge in [-0.1, -0.05) is 6.92 Å². The van der Waals surface area contributed by atoms with Crippen LogP contribution in [0.1, 0.15) is 40.0 Å². The number of nitrogens with one attached hydrogen (secondary N) is 1. The zero-order valence-electron chi connectivity index (χ0n) is 8.94. The molecule has 0 amide bonds. The van der Waals surface area contributed by atoms with Crippen molar-refractivity contribution in [1.82, 2.24) is 5.32 Å². The van der Waals surface area contributed by atoms with Gasteiger partial charge in [0.1, 0.15) is 0 Å². The van der Waals surface area contributed by atoms with Crippen molar-refractivity contribution < 1.29 is 4.74 Å². The first-order chi connectivity index (χ1) is 5.62. The van der Waals surface area contributed by atoms with E-state index in [-0.39, 0.29) is 5.60 Å². The molecule has 0 aliphatic rings. The lowest BCUT2D eigenvalue weighted by atomic mass is 10.0. The minimum absolute atomic E-state index is 0.0495. The van der Waals surface area contributed by atoms with E-state index >= 15 is 0 Å². The van der Waals surface area contributed by atoms with Crippen molar-refractivity contribution >= 4 is 0 Å². The summed E-state index contributed by atoms with van der Waals surface area (Å²) in [5, 5.41) is 3.38. The maximum Gasteiger partial charge on any atom is 0.0623 e. The van der Waals surface area contributed by atoms with E-state index in [9.17, 15) is 0 Å². The molecule has 0 spiro atoms. The molecular weight excluding hydrogens is 150 g/mol. The number of hydrogen-bond acceptors (Lipinski definition) is 2. The lowest BCUT2D eigenvalue weighted by Gasteiger charge is -2.22. The number of hydrogen-bond donors (Lipinski definition) is 1. The first-order valence-corrected chi connectivity index (χ1v) is 4.88. The summed E-state index contributed by atoms with van der Waals surface area (Å²) in [5.41, 5.74) is 0.0495. The molecule has 0 rings (SSSR count). The maximum absolute atomic E-state index is 5.32. The van der Waals surface area contributed by atoms with E-state index < -0.39 is 0 Å². The molecule has 74 valence electrons. The Morgan fingerprint density at radius 3 is 2.42 bits per heavy atom. The monoisotopic (exact) mass is 173 g/mol. The fourth-order valence-electron chi connectivity index (χ4n) is 1.04. The van der Waals surface area contributed by atoms with Gasteiger partial charge < -0.3 is 10.1 Å². The first-order valence-electron chi connectivity index (χ1n) is 4.88. The molecule has 0 unspecified atom stereocenters. The van der Waals surface area contributed by atoms with Crippen molar-refractivity contribution in [3.05, 3.63) is 0 Å². The Balaban J connectivity index is 3.19. The second-order valence-corrected chi connectivity index (χ2v) is 3.82. The number of methoxy groups -OCH3 is 1. The highest BCUT2D eigenvalue weighted by Gasteiger charge is 2.14. The second kappa shape index (κ2) is 6.44. The number of ether oxygens (including phenoxy) is 1. The molecule has 0 atom stereocenters. The minimum atomic E-state index is 0.0495. The normalized spacial score (nSPS) is 12.0. The molecule has 0 saturated heterocycles. The molecule has 0 aliphatic heterocycles. The standard InChI is InChI=1S/C10H23NO/c1-5-8-11-9-6-7-10(2,3)12-4/h11H,5-9H2,1-4H3. The zero-order valence-corrected chi connectivity index (χ0v) is 8.94. The summed E-state index contributed by atoms with van der Waals surface area (Å²) in [4.78, 5) is 0.